The lowest BCUT2D eigenvalue weighted by Crippen LogP contribution is -2.38. The molecule has 8 heteroatoms. The van der Waals surface area contributed by atoms with Crippen molar-refractivity contribution in [3.63, 3.8) is 0 Å². The average molecular weight is 395 g/mol. The zero-order chi connectivity index (χ0) is 19.7. The summed E-state index contributed by atoms with van der Waals surface area (Å²) in [7, 11) is -2.98. The highest BCUT2D eigenvalue weighted by molar-refractivity contribution is 7.90. The number of sulfone groups is 1. The number of hydrogen-bond donors (Lipinski definition) is 3. The second-order valence-electron chi connectivity index (χ2n) is 6.49. The molecule has 3 N–H and O–H groups in total. The number of aryl methyl sites for hydroxylation is 1. The molecule has 1 aromatic heterocycles. The average Bonchev–Trinajstić information content (AvgIpc) is 3.01. The van der Waals surface area contributed by atoms with Gasteiger partial charge in [-0.1, -0.05) is 12.1 Å². The van der Waals surface area contributed by atoms with Crippen LogP contribution in [0.25, 0.3) is 10.9 Å². The zero-order valence-corrected chi connectivity index (χ0v) is 17.2. The van der Waals surface area contributed by atoms with E-state index in [1.807, 2.05) is 6.92 Å². The smallest absolute Gasteiger partial charge is 0.191 e. The quantitative estimate of drug-likeness (QED) is 0.323. The molecule has 0 radical (unpaired) electrons. The van der Waals surface area contributed by atoms with Gasteiger partial charge in [-0.3, -0.25) is 4.99 Å². The lowest BCUT2D eigenvalue weighted by atomic mass is 10.1. The molecule has 27 heavy (non-hydrogen) atoms. The number of fused-ring (bicyclic) bond motifs is 1. The van der Waals surface area contributed by atoms with Crippen molar-refractivity contribution in [2.45, 2.75) is 20.3 Å². The zero-order valence-electron chi connectivity index (χ0n) is 16.3. The number of aliphatic imine (C=N–C) groups is 1. The molecule has 0 aliphatic rings. The molecule has 0 aliphatic heterocycles. The van der Waals surface area contributed by atoms with Crippen LogP contribution in [-0.2, 0) is 21.0 Å². The molecule has 0 bridgehead atoms. The first-order valence-electron chi connectivity index (χ1n) is 9.24. The van der Waals surface area contributed by atoms with E-state index in [-0.39, 0.29) is 12.4 Å². The number of benzene rings is 1. The summed E-state index contributed by atoms with van der Waals surface area (Å²) in [5.41, 5.74) is 3.72. The molecule has 0 unspecified atom stereocenters. The maximum absolute atomic E-state index is 11.0. The number of aromatic amines is 1. The molecular weight excluding hydrogens is 364 g/mol. The summed E-state index contributed by atoms with van der Waals surface area (Å²) in [4.78, 5) is 7.78. The number of hydrogen-bond acceptors (Lipinski definition) is 4. The molecule has 1 aromatic carbocycles. The summed E-state index contributed by atoms with van der Waals surface area (Å²) in [5, 5.41) is 7.83. The van der Waals surface area contributed by atoms with Crippen LogP contribution >= 0.6 is 0 Å². The number of guanidine groups is 1. The highest BCUT2D eigenvalue weighted by atomic mass is 32.2. The molecule has 0 aliphatic carbocycles. The number of nitrogens with zero attached hydrogens (tertiary/aromatic N) is 1. The standard InChI is InChI=1S/C19H30N4O3S/c1-4-20-19(22-10-11-26-12-13-27(3,24)25)21-9-8-16-14-23-17-7-5-6-15(2)18(16)17/h5-7,14,23H,4,8-13H2,1-3H3,(H2,20,21,22). The van der Waals surface area contributed by atoms with Gasteiger partial charge in [0.15, 0.2) is 5.96 Å². The Morgan fingerprint density at radius 1 is 1.26 bits per heavy atom. The van der Waals surface area contributed by atoms with Crippen molar-refractivity contribution in [1.29, 1.82) is 0 Å². The fourth-order valence-corrected chi connectivity index (χ4v) is 3.26. The van der Waals surface area contributed by atoms with E-state index < -0.39 is 9.84 Å². The maximum atomic E-state index is 11.0. The molecule has 0 spiro atoms. The molecule has 2 rings (SSSR count). The van der Waals surface area contributed by atoms with Gasteiger partial charge < -0.3 is 20.4 Å². The van der Waals surface area contributed by atoms with Gasteiger partial charge in [-0.15, -0.1) is 0 Å². The van der Waals surface area contributed by atoms with Crippen molar-refractivity contribution in [3.05, 3.63) is 35.5 Å². The third kappa shape index (κ3) is 7.22. The normalized spacial score (nSPS) is 12.5. The fourth-order valence-electron chi connectivity index (χ4n) is 2.84. The van der Waals surface area contributed by atoms with E-state index in [4.69, 9.17) is 4.74 Å². The van der Waals surface area contributed by atoms with Gasteiger partial charge in [0.25, 0.3) is 0 Å². The molecule has 2 aromatic rings. The van der Waals surface area contributed by atoms with E-state index in [1.54, 1.807) is 0 Å². The van der Waals surface area contributed by atoms with E-state index >= 15 is 0 Å². The summed E-state index contributed by atoms with van der Waals surface area (Å²) >= 11 is 0. The Hall–Kier alpha value is -2.06. The Kier molecular flexibility index (Phi) is 8.12. The molecule has 1 heterocycles. The molecule has 7 nitrogen and oxygen atoms in total. The second-order valence-corrected chi connectivity index (χ2v) is 8.75. The Bertz CT molecular complexity index is 859. The van der Waals surface area contributed by atoms with E-state index in [0.717, 1.165) is 31.0 Å². The Morgan fingerprint density at radius 2 is 2.07 bits per heavy atom. The van der Waals surface area contributed by atoms with Gasteiger partial charge in [0, 0.05) is 36.4 Å². The third-order valence-electron chi connectivity index (χ3n) is 4.13. The van der Waals surface area contributed by atoms with Crippen LogP contribution in [0.1, 0.15) is 18.1 Å². The first kappa shape index (κ1) is 21.2. The molecule has 0 amide bonds. The van der Waals surface area contributed by atoms with Crippen LogP contribution in [-0.4, -0.2) is 64.2 Å². The fraction of sp³-hybridized carbons (Fsp3) is 0.526. The number of H-pyrrole nitrogens is 1. The van der Waals surface area contributed by atoms with Crippen LogP contribution in [0.5, 0.6) is 0 Å². The summed E-state index contributed by atoms with van der Waals surface area (Å²) in [6.45, 7) is 6.76. The monoisotopic (exact) mass is 394 g/mol. The summed E-state index contributed by atoms with van der Waals surface area (Å²) < 4.78 is 27.4. The predicted molar refractivity (Wildman–Crippen MR) is 111 cm³/mol. The Labute approximate surface area is 161 Å². The summed E-state index contributed by atoms with van der Waals surface area (Å²) in [6.07, 6.45) is 4.16. The first-order valence-corrected chi connectivity index (χ1v) is 11.3. The van der Waals surface area contributed by atoms with Crippen LogP contribution in [0.4, 0.5) is 0 Å². The van der Waals surface area contributed by atoms with E-state index in [2.05, 4.69) is 51.9 Å². The van der Waals surface area contributed by atoms with E-state index in [0.29, 0.717) is 13.2 Å². The van der Waals surface area contributed by atoms with Gasteiger partial charge in [0.1, 0.15) is 9.84 Å². The predicted octanol–water partition coefficient (Wildman–Crippen LogP) is 1.64. The van der Waals surface area contributed by atoms with Crippen molar-refractivity contribution in [2.24, 2.45) is 4.99 Å². The largest absolute Gasteiger partial charge is 0.378 e. The van der Waals surface area contributed by atoms with Crippen LogP contribution in [0.3, 0.4) is 0 Å². The van der Waals surface area contributed by atoms with Gasteiger partial charge in [-0.05, 0) is 37.5 Å². The number of aromatic nitrogens is 1. The van der Waals surface area contributed by atoms with E-state index in [1.165, 1.54) is 22.8 Å². The van der Waals surface area contributed by atoms with Crippen molar-refractivity contribution in [2.75, 3.05) is 44.9 Å². The molecule has 0 saturated carbocycles. The highest BCUT2D eigenvalue weighted by Crippen LogP contribution is 2.22. The Morgan fingerprint density at radius 3 is 2.81 bits per heavy atom. The maximum Gasteiger partial charge on any atom is 0.191 e. The second kappa shape index (κ2) is 10.3. The van der Waals surface area contributed by atoms with Gasteiger partial charge in [0.2, 0.25) is 0 Å². The molecule has 0 fully saturated rings. The van der Waals surface area contributed by atoms with Gasteiger partial charge in [0.05, 0.1) is 25.5 Å². The minimum absolute atomic E-state index is 0.0407. The topological polar surface area (TPSA) is 95.6 Å². The SMILES string of the molecule is CCNC(=NCCOCCS(C)(=O)=O)NCCc1c[nH]c2cccc(C)c12. The van der Waals surface area contributed by atoms with Crippen LogP contribution in [0.2, 0.25) is 0 Å². The van der Waals surface area contributed by atoms with Gasteiger partial charge >= 0.3 is 0 Å². The van der Waals surface area contributed by atoms with Crippen molar-refractivity contribution < 1.29 is 13.2 Å². The molecular formula is C19H30N4O3S. The van der Waals surface area contributed by atoms with Crippen LogP contribution < -0.4 is 10.6 Å². The number of rotatable bonds is 10. The lowest BCUT2D eigenvalue weighted by Gasteiger charge is -2.11. The Balaban J connectivity index is 1.79. The minimum Gasteiger partial charge on any atom is -0.378 e. The van der Waals surface area contributed by atoms with Crippen LogP contribution in [0, 0.1) is 6.92 Å². The van der Waals surface area contributed by atoms with E-state index in [9.17, 15) is 8.42 Å². The summed E-state index contributed by atoms with van der Waals surface area (Å²) in [6, 6.07) is 6.28. The van der Waals surface area contributed by atoms with Crippen molar-refractivity contribution in [1.82, 2.24) is 15.6 Å². The number of ether oxygens (including phenoxy) is 1. The van der Waals surface area contributed by atoms with Gasteiger partial charge in [-0.25, -0.2) is 8.42 Å². The van der Waals surface area contributed by atoms with Crippen molar-refractivity contribution in [3.8, 4) is 0 Å². The first-order chi connectivity index (χ1) is 12.9. The minimum atomic E-state index is -2.98. The highest BCUT2D eigenvalue weighted by Gasteiger charge is 2.06. The summed E-state index contributed by atoms with van der Waals surface area (Å²) in [5.74, 6) is 0.778. The lowest BCUT2D eigenvalue weighted by molar-refractivity contribution is 0.157. The molecule has 150 valence electrons. The third-order valence-corrected chi connectivity index (χ3v) is 5.04. The number of nitrogens with one attached hydrogen (secondary N) is 3. The van der Waals surface area contributed by atoms with Crippen LogP contribution in [0.15, 0.2) is 29.4 Å². The van der Waals surface area contributed by atoms with Gasteiger partial charge in [-0.2, -0.15) is 0 Å². The molecule has 0 atom stereocenters. The molecule has 0 saturated heterocycles. The van der Waals surface area contributed by atoms with Crippen molar-refractivity contribution >= 4 is 26.7 Å².